The number of carbonyl (C=O) groups is 1. The van der Waals surface area contributed by atoms with E-state index in [2.05, 4.69) is 0 Å². The standard InChI is InChI=1S/C14H13O4P/c15-14(12-4-2-1-3-5-12)13-8-6-11(7-9-13)10-19(16,17)18/h1-9H,10H2,(H2,16,17,18). The summed E-state index contributed by atoms with van der Waals surface area (Å²) in [5.74, 6) is -0.108. The summed E-state index contributed by atoms with van der Waals surface area (Å²) < 4.78 is 10.9. The Hall–Kier alpha value is -1.74. The molecule has 2 aromatic rings. The third-order valence-electron chi connectivity index (χ3n) is 2.64. The van der Waals surface area contributed by atoms with E-state index in [-0.39, 0.29) is 11.9 Å². The Morgan fingerprint density at radius 1 is 0.895 bits per heavy atom. The highest BCUT2D eigenvalue weighted by Crippen LogP contribution is 2.38. The molecule has 2 aromatic carbocycles. The lowest BCUT2D eigenvalue weighted by molar-refractivity contribution is 0.103. The van der Waals surface area contributed by atoms with Gasteiger partial charge in [-0.1, -0.05) is 54.6 Å². The van der Waals surface area contributed by atoms with Gasteiger partial charge in [-0.25, -0.2) is 0 Å². The van der Waals surface area contributed by atoms with Crippen molar-refractivity contribution in [2.75, 3.05) is 0 Å². The van der Waals surface area contributed by atoms with Crippen LogP contribution in [0.2, 0.25) is 0 Å². The van der Waals surface area contributed by atoms with E-state index in [1.165, 1.54) is 0 Å². The molecule has 0 unspecified atom stereocenters. The lowest BCUT2D eigenvalue weighted by atomic mass is 10.0. The molecule has 2 N–H and O–H groups in total. The average Bonchev–Trinajstić information content (AvgIpc) is 2.38. The maximum atomic E-state index is 12.1. The van der Waals surface area contributed by atoms with Gasteiger partial charge < -0.3 is 9.79 Å². The van der Waals surface area contributed by atoms with Gasteiger partial charge >= 0.3 is 7.60 Å². The van der Waals surface area contributed by atoms with Crippen molar-refractivity contribution in [3.05, 3.63) is 71.3 Å². The minimum absolute atomic E-state index is 0.108. The summed E-state index contributed by atoms with van der Waals surface area (Å²) in [5.41, 5.74) is 1.60. The molecule has 4 nitrogen and oxygen atoms in total. The zero-order valence-electron chi connectivity index (χ0n) is 10.1. The van der Waals surface area contributed by atoms with Gasteiger partial charge in [0.05, 0.1) is 6.16 Å². The summed E-state index contributed by atoms with van der Waals surface area (Å²) >= 11 is 0. The minimum atomic E-state index is -4.07. The molecular weight excluding hydrogens is 263 g/mol. The molecule has 98 valence electrons. The Bertz CT molecular complexity index is 614. The highest BCUT2D eigenvalue weighted by molar-refractivity contribution is 7.50. The first-order valence-corrected chi connectivity index (χ1v) is 7.49. The van der Waals surface area contributed by atoms with Crippen molar-refractivity contribution in [2.45, 2.75) is 6.16 Å². The zero-order chi connectivity index (χ0) is 13.9. The van der Waals surface area contributed by atoms with Gasteiger partial charge in [0, 0.05) is 11.1 Å². The molecule has 0 radical (unpaired) electrons. The van der Waals surface area contributed by atoms with Crippen molar-refractivity contribution >= 4 is 13.4 Å². The van der Waals surface area contributed by atoms with Gasteiger partial charge in [-0.15, -0.1) is 0 Å². The number of benzene rings is 2. The lowest BCUT2D eigenvalue weighted by Crippen LogP contribution is -2.01. The van der Waals surface area contributed by atoms with Crippen LogP contribution in [-0.4, -0.2) is 15.6 Å². The molecule has 0 heterocycles. The predicted octanol–water partition coefficient (Wildman–Crippen LogP) is 2.60. The van der Waals surface area contributed by atoms with E-state index in [0.717, 1.165) is 0 Å². The molecule has 0 saturated heterocycles. The van der Waals surface area contributed by atoms with Gasteiger partial charge in [0.1, 0.15) is 0 Å². The van der Waals surface area contributed by atoms with Crippen LogP contribution in [0.15, 0.2) is 54.6 Å². The third kappa shape index (κ3) is 3.86. The molecule has 0 aromatic heterocycles. The summed E-state index contributed by atoms with van der Waals surface area (Å²) in [6.45, 7) is 0. The normalized spacial score (nSPS) is 11.3. The monoisotopic (exact) mass is 276 g/mol. The van der Waals surface area contributed by atoms with Crippen molar-refractivity contribution in [1.29, 1.82) is 0 Å². The fourth-order valence-electron chi connectivity index (χ4n) is 1.76. The smallest absolute Gasteiger partial charge is 0.324 e. The quantitative estimate of drug-likeness (QED) is 0.665. The molecule has 0 bridgehead atoms. The van der Waals surface area contributed by atoms with Gasteiger partial charge in [0.25, 0.3) is 0 Å². The number of rotatable bonds is 4. The highest BCUT2D eigenvalue weighted by atomic mass is 31.2. The van der Waals surface area contributed by atoms with Gasteiger partial charge in [0.2, 0.25) is 0 Å². The Kier molecular flexibility index (Phi) is 3.96. The summed E-state index contributed by atoms with van der Waals surface area (Å²) in [6, 6.07) is 15.2. The van der Waals surface area contributed by atoms with Crippen LogP contribution in [0.25, 0.3) is 0 Å². The van der Waals surface area contributed by atoms with E-state index in [1.54, 1.807) is 48.5 Å². The number of ketones is 1. The van der Waals surface area contributed by atoms with Crippen molar-refractivity contribution in [3.8, 4) is 0 Å². The molecule has 2 rings (SSSR count). The lowest BCUT2D eigenvalue weighted by Gasteiger charge is -2.05. The van der Waals surface area contributed by atoms with Crippen LogP contribution in [0.5, 0.6) is 0 Å². The summed E-state index contributed by atoms with van der Waals surface area (Å²) in [7, 11) is -4.07. The van der Waals surface area contributed by atoms with E-state index < -0.39 is 7.60 Å². The van der Waals surface area contributed by atoms with E-state index >= 15 is 0 Å². The van der Waals surface area contributed by atoms with E-state index in [4.69, 9.17) is 9.79 Å². The topological polar surface area (TPSA) is 74.6 Å². The van der Waals surface area contributed by atoms with Gasteiger partial charge in [-0.05, 0) is 5.56 Å². The van der Waals surface area contributed by atoms with Crippen molar-refractivity contribution in [3.63, 3.8) is 0 Å². The Balaban J connectivity index is 2.19. The zero-order valence-corrected chi connectivity index (χ0v) is 11.0. The molecule has 0 aliphatic rings. The number of carbonyl (C=O) groups excluding carboxylic acids is 1. The summed E-state index contributed by atoms with van der Waals surface area (Å²) in [4.78, 5) is 29.8. The van der Waals surface area contributed by atoms with E-state index in [0.29, 0.717) is 16.7 Å². The first-order valence-electron chi connectivity index (χ1n) is 5.69. The van der Waals surface area contributed by atoms with Crippen LogP contribution in [0.1, 0.15) is 21.5 Å². The molecule has 0 fully saturated rings. The molecule has 0 saturated carbocycles. The van der Waals surface area contributed by atoms with Crippen molar-refractivity contribution < 1.29 is 19.1 Å². The fourth-order valence-corrected chi connectivity index (χ4v) is 2.44. The Morgan fingerprint density at radius 3 is 1.95 bits per heavy atom. The van der Waals surface area contributed by atoms with Crippen LogP contribution in [0, 0.1) is 0 Å². The second-order valence-electron chi connectivity index (χ2n) is 4.21. The maximum Gasteiger partial charge on any atom is 0.329 e. The Morgan fingerprint density at radius 2 is 1.42 bits per heavy atom. The van der Waals surface area contributed by atoms with Gasteiger partial charge in [-0.3, -0.25) is 9.36 Å². The molecule has 0 aliphatic heterocycles. The SMILES string of the molecule is O=C(c1ccccc1)c1ccc(CP(=O)(O)O)cc1. The summed E-state index contributed by atoms with van der Waals surface area (Å²) in [5, 5.41) is 0. The van der Waals surface area contributed by atoms with Crippen LogP contribution in [0.3, 0.4) is 0 Å². The molecule has 0 spiro atoms. The van der Waals surface area contributed by atoms with Crippen molar-refractivity contribution in [1.82, 2.24) is 0 Å². The largest absolute Gasteiger partial charge is 0.329 e. The highest BCUT2D eigenvalue weighted by Gasteiger charge is 2.14. The molecule has 0 amide bonds. The molecule has 19 heavy (non-hydrogen) atoms. The minimum Gasteiger partial charge on any atom is -0.324 e. The summed E-state index contributed by atoms with van der Waals surface area (Å²) in [6.07, 6.45) is -0.313. The van der Waals surface area contributed by atoms with E-state index in [1.807, 2.05) is 6.07 Å². The van der Waals surface area contributed by atoms with E-state index in [9.17, 15) is 9.36 Å². The van der Waals surface area contributed by atoms with Gasteiger partial charge in [-0.2, -0.15) is 0 Å². The van der Waals surface area contributed by atoms with Crippen LogP contribution in [-0.2, 0) is 10.7 Å². The molecule has 5 heteroatoms. The molecule has 0 atom stereocenters. The average molecular weight is 276 g/mol. The second kappa shape index (κ2) is 5.49. The van der Waals surface area contributed by atoms with Gasteiger partial charge in [0.15, 0.2) is 5.78 Å². The van der Waals surface area contributed by atoms with Crippen LogP contribution >= 0.6 is 7.60 Å². The fraction of sp³-hybridized carbons (Fsp3) is 0.0714. The molecular formula is C14H13O4P. The second-order valence-corrected chi connectivity index (χ2v) is 5.86. The molecule has 0 aliphatic carbocycles. The first kappa shape index (κ1) is 13.7. The third-order valence-corrected chi connectivity index (χ3v) is 3.42. The Labute approximate surface area is 110 Å². The van der Waals surface area contributed by atoms with Crippen LogP contribution < -0.4 is 0 Å². The van der Waals surface area contributed by atoms with Crippen molar-refractivity contribution in [2.24, 2.45) is 0 Å². The first-order chi connectivity index (χ1) is 8.96. The van der Waals surface area contributed by atoms with Crippen LogP contribution in [0.4, 0.5) is 0 Å². The number of hydrogen-bond donors (Lipinski definition) is 2. The maximum absolute atomic E-state index is 12.1. The number of hydrogen-bond acceptors (Lipinski definition) is 2. The predicted molar refractivity (Wildman–Crippen MR) is 72.1 cm³/mol.